The number of fused-ring (bicyclic) bond motifs is 1. The summed E-state index contributed by atoms with van der Waals surface area (Å²) in [5.41, 5.74) is 0.684. The average molecular weight is 399 g/mol. The largest absolute Gasteiger partial charge is 0.464 e. The number of carbonyl (C=O) groups excluding carboxylic acids is 1. The SMILES string of the molecule is Cc1ccc(CN(C)C(=O)Cn2cnc3scc(-c4cccs4)c3c2=O)o1. The Morgan fingerprint density at radius 3 is 2.85 bits per heavy atom. The van der Waals surface area contributed by atoms with Gasteiger partial charge in [0.25, 0.3) is 5.56 Å². The molecule has 4 rings (SSSR count). The van der Waals surface area contributed by atoms with Crippen LogP contribution >= 0.6 is 22.7 Å². The van der Waals surface area contributed by atoms with Gasteiger partial charge >= 0.3 is 0 Å². The molecule has 0 aliphatic rings. The van der Waals surface area contributed by atoms with E-state index in [1.165, 1.54) is 22.2 Å². The van der Waals surface area contributed by atoms with Crippen molar-refractivity contribution in [1.29, 1.82) is 0 Å². The monoisotopic (exact) mass is 399 g/mol. The van der Waals surface area contributed by atoms with Crippen LogP contribution in [0.5, 0.6) is 0 Å². The first-order valence-electron chi connectivity index (χ1n) is 8.32. The van der Waals surface area contributed by atoms with Gasteiger partial charge in [-0.05, 0) is 30.5 Å². The second-order valence-corrected chi connectivity index (χ2v) is 8.05. The molecule has 0 saturated heterocycles. The highest BCUT2D eigenvalue weighted by molar-refractivity contribution is 7.18. The highest BCUT2D eigenvalue weighted by atomic mass is 32.1. The van der Waals surface area contributed by atoms with E-state index >= 15 is 0 Å². The van der Waals surface area contributed by atoms with E-state index in [-0.39, 0.29) is 18.0 Å². The predicted molar refractivity (Wildman–Crippen MR) is 107 cm³/mol. The number of aryl methyl sites for hydroxylation is 1. The molecule has 0 aliphatic heterocycles. The van der Waals surface area contributed by atoms with Crippen LogP contribution in [0.15, 0.2) is 50.6 Å². The van der Waals surface area contributed by atoms with Crippen LogP contribution in [0.25, 0.3) is 20.7 Å². The lowest BCUT2D eigenvalue weighted by Crippen LogP contribution is -2.33. The molecule has 6 nitrogen and oxygen atoms in total. The fourth-order valence-electron chi connectivity index (χ4n) is 2.85. The molecular formula is C19H17N3O3S2. The van der Waals surface area contributed by atoms with Crippen molar-refractivity contribution in [2.24, 2.45) is 0 Å². The number of hydrogen-bond acceptors (Lipinski definition) is 6. The maximum Gasteiger partial charge on any atom is 0.263 e. The van der Waals surface area contributed by atoms with Crippen LogP contribution in [0.4, 0.5) is 0 Å². The van der Waals surface area contributed by atoms with Gasteiger partial charge in [0.2, 0.25) is 5.91 Å². The smallest absolute Gasteiger partial charge is 0.263 e. The first-order valence-corrected chi connectivity index (χ1v) is 10.1. The molecule has 0 aliphatic carbocycles. The summed E-state index contributed by atoms with van der Waals surface area (Å²) in [4.78, 5) is 33.2. The molecule has 0 saturated carbocycles. The van der Waals surface area contributed by atoms with Crippen molar-refractivity contribution < 1.29 is 9.21 Å². The van der Waals surface area contributed by atoms with Crippen molar-refractivity contribution in [1.82, 2.24) is 14.5 Å². The Bertz CT molecular complexity index is 1150. The van der Waals surface area contributed by atoms with Gasteiger partial charge in [-0.25, -0.2) is 4.98 Å². The van der Waals surface area contributed by atoms with E-state index in [0.717, 1.165) is 16.2 Å². The van der Waals surface area contributed by atoms with Crippen molar-refractivity contribution in [3.63, 3.8) is 0 Å². The Morgan fingerprint density at radius 2 is 2.15 bits per heavy atom. The highest BCUT2D eigenvalue weighted by Gasteiger charge is 2.17. The van der Waals surface area contributed by atoms with Gasteiger partial charge in [-0.15, -0.1) is 22.7 Å². The fourth-order valence-corrected chi connectivity index (χ4v) is 4.57. The highest BCUT2D eigenvalue weighted by Crippen LogP contribution is 2.33. The number of thiophene rings is 2. The number of hydrogen-bond donors (Lipinski definition) is 0. The number of carbonyl (C=O) groups is 1. The quantitative estimate of drug-likeness (QED) is 0.513. The van der Waals surface area contributed by atoms with Gasteiger partial charge in [0.15, 0.2) is 0 Å². The molecule has 0 N–H and O–H groups in total. The van der Waals surface area contributed by atoms with E-state index in [2.05, 4.69) is 4.98 Å². The number of furan rings is 1. The zero-order valence-electron chi connectivity index (χ0n) is 14.8. The second-order valence-electron chi connectivity index (χ2n) is 6.25. The van der Waals surface area contributed by atoms with Gasteiger partial charge in [-0.2, -0.15) is 0 Å². The van der Waals surface area contributed by atoms with Gasteiger partial charge in [0, 0.05) is 22.9 Å². The second kappa shape index (κ2) is 7.13. The maximum atomic E-state index is 13.0. The third-order valence-corrected chi connectivity index (χ3v) is 6.06. The molecular weight excluding hydrogens is 382 g/mol. The van der Waals surface area contributed by atoms with Crippen LogP contribution in [0.1, 0.15) is 11.5 Å². The molecule has 138 valence electrons. The van der Waals surface area contributed by atoms with Crippen LogP contribution in [-0.4, -0.2) is 27.4 Å². The summed E-state index contributed by atoms with van der Waals surface area (Å²) in [7, 11) is 1.69. The van der Waals surface area contributed by atoms with Crippen LogP contribution in [0.3, 0.4) is 0 Å². The molecule has 4 aromatic heterocycles. The minimum atomic E-state index is -0.194. The summed E-state index contributed by atoms with van der Waals surface area (Å²) < 4.78 is 6.88. The normalized spacial score (nSPS) is 11.2. The first kappa shape index (κ1) is 17.7. The van der Waals surface area contributed by atoms with E-state index in [0.29, 0.717) is 22.5 Å². The molecule has 0 atom stereocenters. The summed E-state index contributed by atoms with van der Waals surface area (Å²) in [5.74, 6) is 1.33. The lowest BCUT2D eigenvalue weighted by Gasteiger charge is -2.16. The molecule has 4 aromatic rings. The van der Waals surface area contributed by atoms with Crippen LogP contribution in [0.2, 0.25) is 0 Å². The van der Waals surface area contributed by atoms with E-state index in [9.17, 15) is 9.59 Å². The van der Waals surface area contributed by atoms with Gasteiger partial charge < -0.3 is 9.32 Å². The Balaban J connectivity index is 1.60. The van der Waals surface area contributed by atoms with Gasteiger partial charge in [-0.3, -0.25) is 14.2 Å². The summed E-state index contributed by atoms with van der Waals surface area (Å²) >= 11 is 3.02. The molecule has 8 heteroatoms. The lowest BCUT2D eigenvalue weighted by atomic mass is 10.2. The Labute approximate surface area is 163 Å². The van der Waals surface area contributed by atoms with Crippen molar-refractivity contribution in [3.8, 4) is 10.4 Å². The van der Waals surface area contributed by atoms with E-state index in [1.807, 2.05) is 41.9 Å². The molecule has 0 aromatic carbocycles. The predicted octanol–water partition coefficient (Wildman–Crippen LogP) is 3.75. The van der Waals surface area contributed by atoms with Gasteiger partial charge in [0.1, 0.15) is 22.9 Å². The average Bonchev–Trinajstić information content (AvgIpc) is 3.37. The third-order valence-electron chi connectivity index (χ3n) is 4.27. The number of likely N-dealkylation sites (N-methyl/N-ethyl adjacent to an activating group) is 1. The molecule has 0 bridgehead atoms. The molecule has 27 heavy (non-hydrogen) atoms. The standard InChI is InChI=1S/C19H17N3O3S2/c1-12-5-6-13(25-12)8-21(2)16(23)9-22-11-20-18-17(19(22)24)14(10-27-18)15-4-3-7-26-15/h3-7,10-11H,8-9H2,1-2H3. The fraction of sp³-hybridized carbons (Fsp3) is 0.211. The van der Waals surface area contributed by atoms with E-state index in [4.69, 9.17) is 4.42 Å². The van der Waals surface area contributed by atoms with E-state index < -0.39 is 0 Å². The lowest BCUT2D eigenvalue weighted by molar-refractivity contribution is -0.131. The minimum Gasteiger partial charge on any atom is -0.464 e. The summed E-state index contributed by atoms with van der Waals surface area (Å²) in [6, 6.07) is 7.64. The summed E-state index contributed by atoms with van der Waals surface area (Å²) in [6.07, 6.45) is 1.45. The summed E-state index contributed by atoms with van der Waals surface area (Å²) in [6.45, 7) is 2.16. The third kappa shape index (κ3) is 3.45. The summed E-state index contributed by atoms with van der Waals surface area (Å²) in [5, 5.41) is 4.49. The Morgan fingerprint density at radius 1 is 1.30 bits per heavy atom. The van der Waals surface area contributed by atoms with E-state index in [1.54, 1.807) is 23.3 Å². The number of amides is 1. The van der Waals surface area contributed by atoms with Crippen molar-refractivity contribution >= 4 is 38.8 Å². The van der Waals surface area contributed by atoms with Crippen LogP contribution in [0, 0.1) is 6.92 Å². The molecule has 0 unspecified atom stereocenters. The zero-order chi connectivity index (χ0) is 19.0. The van der Waals surface area contributed by atoms with Crippen LogP contribution in [-0.2, 0) is 17.9 Å². The van der Waals surface area contributed by atoms with Crippen LogP contribution < -0.4 is 5.56 Å². The number of rotatable bonds is 5. The first-order chi connectivity index (χ1) is 13.0. The van der Waals surface area contributed by atoms with Gasteiger partial charge in [-0.1, -0.05) is 6.07 Å². The van der Waals surface area contributed by atoms with Crippen molar-refractivity contribution in [2.45, 2.75) is 20.0 Å². The molecule has 4 heterocycles. The zero-order valence-corrected chi connectivity index (χ0v) is 16.5. The number of nitrogens with zero attached hydrogens (tertiary/aromatic N) is 3. The van der Waals surface area contributed by atoms with Crippen molar-refractivity contribution in [2.75, 3.05) is 7.05 Å². The molecule has 0 spiro atoms. The molecule has 0 fully saturated rings. The van der Waals surface area contributed by atoms with Crippen molar-refractivity contribution in [3.05, 3.63) is 63.2 Å². The maximum absolute atomic E-state index is 13.0. The topological polar surface area (TPSA) is 68.3 Å². The minimum absolute atomic E-state index is 0.0578. The Hall–Kier alpha value is -2.71. The Kier molecular flexibility index (Phi) is 4.67. The van der Waals surface area contributed by atoms with Gasteiger partial charge in [0.05, 0.1) is 18.3 Å². The molecule has 1 amide bonds. The molecule has 0 radical (unpaired) electrons. The number of aromatic nitrogens is 2.